The molecule has 0 amide bonds. The van der Waals surface area contributed by atoms with Gasteiger partial charge in [-0.15, -0.1) is 17.0 Å². The lowest BCUT2D eigenvalue weighted by atomic mass is 11.7. The molecule has 0 aliphatic rings. The molecule has 0 heterocycles. The second kappa shape index (κ2) is 13.4. The first-order valence-corrected chi connectivity index (χ1v) is 0.454. The zero-order chi connectivity index (χ0) is 2.71. The number of nitrogens with one attached hydrogen (secondary N) is 1. The van der Waals surface area contributed by atoms with E-state index >= 15 is 0 Å². The Bertz CT molecular complexity index is 29.0. The first kappa shape index (κ1) is 9.13. The van der Waals surface area contributed by atoms with Crippen molar-refractivity contribution in [3.63, 3.8) is 0 Å². The average molecular weight is 124 g/mol. The van der Waals surface area contributed by atoms with Gasteiger partial charge in [0.1, 0.15) is 0 Å². The molecule has 3 heteroatoms. The minimum Gasteiger partial charge on any atom is -0.222 e. The van der Waals surface area contributed by atoms with Crippen LogP contribution < -0.4 is 0 Å². The molecule has 0 rings (SSSR count). The van der Waals surface area contributed by atoms with Gasteiger partial charge in [-0.1, -0.05) is 0 Å². The summed E-state index contributed by atoms with van der Waals surface area (Å²) < 4.78 is 0. The topological polar surface area (TPSA) is 40.9 Å². The van der Waals surface area contributed by atoms with E-state index in [0.29, 0.717) is 0 Å². The molecule has 0 aliphatic heterocycles. The average Bonchev–Trinajstić information content (AvgIpc) is 0.918. The number of carbonyl (C=O) groups excluding carboxylic acids is 1. The number of rotatable bonds is 0. The third-order valence-electron chi connectivity index (χ3n) is 0. The number of halogens is 1. The van der Waals surface area contributed by atoms with E-state index < -0.39 is 0 Å². The maximum absolute atomic E-state index is 8.35. The van der Waals surface area contributed by atoms with Gasteiger partial charge in [0.05, 0.1) is 0 Å². The van der Waals surface area contributed by atoms with Crippen molar-refractivity contribution in [3.8, 4) is 0 Å². The van der Waals surface area contributed by atoms with Crippen molar-refractivity contribution in [2.75, 3.05) is 0 Å². The molecule has 0 aliphatic carbocycles. The van der Waals surface area contributed by atoms with Crippen molar-refractivity contribution in [2.24, 2.45) is 0 Å². The van der Waals surface area contributed by atoms with Gasteiger partial charge in [0.25, 0.3) is 0 Å². The predicted molar refractivity (Wildman–Crippen MR) is 18.7 cm³/mol. The molecule has 0 bridgehead atoms. The van der Waals surface area contributed by atoms with Crippen molar-refractivity contribution in [1.82, 2.24) is 0 Å². The smallest absolute Gasteiger partial charge is 0.222 e. The lowest BCUT2D eigenvalue weighted by Crippen LogP contribution is -1.16. The zero-order valence-electron chi connectivity index (χ0n) is 1.82. The van der Waals surface area contributed by atoms with Crippen LogP contribution in [0.25, 0.3) is 0 Å². The Morgan fingerprint density at radius 3 is 1.75 bits per heavy atom. The zero-order valence-corrected chi connectivity index (χ0v) is 3.53. The Labute approximate surface area is 34.1 Å². The third kappa shape index (κ3) is 70.2. The molecule has 0 atom stereocenters. The van der Waals surface area contributed by atoms with E-state index in [9.17, 15) is 0 Å². The van der Waals surface area contributed by atoms with Gasteiger partial charge in [-0.3, -0.25) is 0 Å². The van der Waals surface area contributed by atoms with Crippen LogP contribution in [0.3, 0.4) is 0 Å². The lowest BCUT2D eigenvalue weighted by Gasteiger charge is -1.02. The number of isocyanates is 1. The highest BCUT2D eigenvalue weighted by atomic mass is 79.9. The predicted octanol–water partition coefficient (Wildman–Crippen LogP) is 0.479. The molecule has 0 unspecified atom stereocenters. The molecule has 0 saturated carbocycles. The van der Waals surface area contributed by atoms with Crippen LogP contribution in [0.2, 0.25) is 0 Å². The number of hydrogen-bond donors (Lipinski definition) is 1. The molecular weight excluding hydrogens is 122 g/mol. The second-order valence-corrected chi connectivity index (χ2v) is 0.102. The van der Waals surface area contributed by atoms with E-state index in [2.05, 4.69) is 0 Å². The van der Waals surface area contributed by atoms with E-state index in [-0.39, 0.29) is 17.0 Å². The quantitative estimate of drug-likeness (QED) is 0.370. The first-order valence-electron chi connectivity index (χ1n) is 0.454. The molecule has 0 radical (unpaired) electrons. The molecule has 2 nitrogen and oxygen atoms in total. The van der Waals surface area contributed by atoms with Crippen LogP contribution in [0.15, 0.2) is 0 Å². The molecule has 4 heavy (non-hydrogen) atoms. The van der Waals surface area contributed by atoms with Crippen LogP contribution in [0.1, 0.15) is 0 Å². The van der Waals surface area contributed by atoms with Gasteiger partial charge in [-0.25, -0.2) is 10.2 Å². The fourth-order valence-electron chi connectivity index (χ4n) is 0. The van der Waals surface area contributed by atoms with E-state index in [1.165, 1.54) is 0 Å². The molecule has 0 fully saturated rings. The molecule has 0 aromatic rings. The SMILES string of the molecule is Br.N=C=O. The van der Waals surface area contributed by atoms with Crippen LogP contribution in [0, 0.1) is 5.41 Å². The fraction of sp³-hybridized carbons (Fsp3) is 0. The van der Waals surface area contributed by atoms with Crippen LogP contribution in [0.4, 0.5) is 0 Å². The standard InChI is InChI=1S/CHNO.BrH/c2-1-3;/h2H;1H. The van der Waals surface area contributed by atoms with Gasteiger partial charge in [0, 0.05) is 0 Å². The minimum absolute atomic E-state index is 0. The summed E-state index contributed by atoms with van der Waals surface area (Å²) >= 11 is 0. The molecule has 0 aromatic carbocycles. The Morgan fingerprint density at radius 2 is 1.75 bits per heavy atom. The molecular formula is CH2BrNO. The third-order valence-corrected chi connectivity index (χ3v) is 0. The maximum Gasteiger partial charge on any atom is 0.231 e. The maximum atomic E-state index is 8.35. The lowest BCUT2D eigenvalue weighted by molar-refractivity contribution is 0.563. The highest BCUT2D eigenvalue weighted by Crippen LogP contribution is 0.868. The Balaban J connectivity index is 0. The monoisotopic (exact) mass is 123 g/mol. The summed E-state index contributed by atoms with van der Waals surface area (Å²) in [5.74, 6) is 0. The van der Waals surface area contributed by atoms with Gasteiger partial charge in [-0.2, -0.15) is 0 Å². The van der Waals surface area contributed by atoms with Crippen LogP contribution in [-0.4, -0.2) is 6.08 Å². The summed E-state index contributed by atoms with van der Waals surface area (Å²) in [6.45, 7) is 0. The van der Waals surface area contributed by atoms with Gasteiger partial charge in [0.2, 0.25) is 6.08 Å². The van der Waals surface area contributed by atoms with E-state index in [0.717, 1.165) is 6.08 Å². The summed E-state index contributed by atoms with van der Waals surface area (Å²) in [5.41, 5.74) is 0. The van der Waals surface area contributed by atoms with Crippen molar-refractivity contribution >= 4 is 23.1 Å². The van der Waals surface area contributed by atoms with E-state index in [1.54, 1.807) is 0 Å². The van der Waals surface area contributed by atoms with Gasteiger partial charge >= 0.3 is 0 Å². The van der Waals surface area contributed by atoms with Crippen LogP contribution in [0.5, 0.6) is 0 Å². The molecule has 1 N–H and O–H groups in total. The van der Waals surface area contributed by atoms with Gasteiger partial charge in [0.15, 0.2) is 0 Å². The van der Waals surface area contributed by atoms with Crippen LogP contribution >= 0.6 is 17.0 Å². The fourth-order valence-corrected chi connectivity index (χ4v) is 0. The summed E-state index contributed by atoms with van der Waals surface area (Å²) in [7, 11) is 0. The Kier molecular flexibility index (Phi) is 30.5. The molecule has 0 spiro atoms. The first-order chi connectivity index (χ1) is 1.41. The van der Waals surface area contributed by atoms with Crippen molar-refractivity contribution in [2.45, 2.75) is 0 Å². The van der Waals surface area contributed by atoms with E-state index in [1.807, 2.05) is 0 Å². The summed E-state index contributed by atoms with van der Waals surface area (Å²) in [5, 5.41) is 5.40. The largest absolute Gasteiger partial charge is 0.231 e. The van der Waals surface area contributed by atoms with E-state index in [4.69, 9.17) is 10.2 Å². The van der Waals surface area contributed by atoms with Crippen molar-refractivity contribution in [1.29, 1.82) is 5.41 Å². The molecule has 0 aromatic heterocycles. The van der Waals surface area contributed by atoms with Gasteiger partial charge < -0.3 is 0 Å². The van der Waals surface area contributed by atoms with Crippen molar-refractivity contribution in [3.05, 3.63) is 0 Å². The van der Waals surface area contributed by atoms with Crippen molar-refractivity contribution < 1.29 is 4.79 Å². The Hall–Kier alpha value is -0.140. The minimum atomic E-state index is 0. The molecule has 24 valence electrons. The Morgan fingerprint density at radius 1 is 1.75 bits per heavy atom. The van der Waals surface area contributed by atoms with Crippen LogP contribution in [-0.2, 0) is 4.79 Å². The highest BCUT2D eigenvalue weighted by Gasteiger charge is 1.03. The summed E-state index contributed by atoms with van der Waals surface area (Å²) in [6.07, 6.45) is 0.750. The second-order valence-electron chi connectivity index (χ2n) is 0.102. The number of hydrogen-bond acceptors (Lipinski definition) is 2. The highest BCUT2D eigenvalue weighted by molar-refractivity contribution is 8.93. The normalized spacial score (nSPS) is 2.00. The summed E-state index contributed by atoms with van der Waals surface area (Å²) in [4.78, 5) is 8.35. The summed E-state index contributed by atoms with van der Waals surface area (Å²) in [6, 6.07) is 0. The van der Waals surface area contributed by atoms with Gasteiger partial charge in [-0.05, 0) is 0 Å². The molecule has 0 saturated heterocycles.